The number of nitrogens with one attached hydrogen (secondary N) is 1. The first-order valence-corrected chi connectivity index (χ1v) is 9.89. The van der Waals surface area contributed by atoms with Crippen molar-refractivity contribution in [2.45, 2.75) is 37.2 Å². The Bertz CT molecular complexity index is 956. The Balaban J connectivity index is 1.66. The number of halogens is 2. The number of nitrogens with zero attached hydrogens (tertiary/aromatic N) is 4. The fourth-order valence-corrected chi connectivity index (χ4v) is 3.89. The number of carbonyl (C=O) groups excluding carboxylic acids is 1. The van der Waals surface area contributed by atoms with E-state index in [4.69, 9.17) is 0 Å². The zero-order chi connectivity index (χ0) is 19.6. The summed E-state index contributed by atoms with van der Waals surface area (Å²) in [5.41, 5.74) is 0.909. The Morgan fingerprint density at radius 3 is 2.74 bits per heavy atom. The molecule has 1 aromatic carbocycles. The molecule has 2 aromatic heterocycles. The van der Waals surface area contributed by atoms with Gasteiger partial charge in [0.1, 0.15) is 6.33 Å². The van der Waals surface area contributed by atoms with Crippen molar-refractivity contribution in [2.24, 2.45) is 0 Å². The maximum absolute atomic E-state index is 13.4. The SMILES string of the molecule is CC(C)n1cnnc1S[C@@H](C)C(=O)Nc1nc(-c2ccc(F)c(F)c2)cs1. The van der Waals surface area contributed by atoms with Crippen LogP contribution in [0.25, 0.3) is 11.3 Å². The van der Waals surface area contributed by atoms with Crippen LogP contribution >= 0.6 is 23.1 Å². The van der Waals surface area contributed by atoms with Crippen LogP contribution < -0.4 is 5.32 Å². The fraction of sp³-hybridized carbons (Fsp3) is 0.294. The third-order valence-electron chi connectivity index (χ3n) is 3.70. The molecule has 3 aromatic rings. The smallest absolute Gasteiger partial charge is 0.239 e. The molecule has 2 heterocycles. The second kappa shape index (κ2) is 8.13. The number of benzene rings is 1. The van der Waals surface area contributed by atoms with Gasteiger partial charge in [-0.15, -0.1) is 21.5 Å². The average Bonchev–Trinajstić information content (AvgIpc) is 3.26. The van der Waals surface area contributed by atoms with Gasteiger partial charge in [0.05, 0.1) is 10.9 Å². The van der Waals surface area contributed by atoms with E-state index >= 15 is 0 Å². The zero-order valence-corrected chi connectivity index (χ0v) is 16.4. The summed E-state index contributed by atoms with van der Waals surface area (Å²) < 4.78 is 28.3. The van der Waals surface area contributed by atoms with Crippen LogP contribution in [0, 0.1) is 11.6 Å². The predicted molar refractivity (Wildman–Crippen MR) is 102 cm³/mol. The number of thiazole rings is 1. The molecule has 1 amide bonds. The predicted octanol–water partition coefficient (Wildman–Crippen LogP) is 4.38. The number of aromatic nitrogens is 4. The van der Waals surface area contributed by atoms with E-state index in [2.05, 4.69) is 20.5 Å². The van der Waals surface area contributed by atoms with Crippen LogP contribution in [0.4, 0.5) is 13.9 Å². The van der Waals surface area contributed by atoms with Gasteiger partial charge in [0.25, 0.3) is 0 Å². The van der Waals surface area contributed by atoms with Crippen molar-refractivity contribution in [1.29, 1.82) is 0 Å². The van der Waals surface area contributed by atoms with E-state index in [1.165, 1.54) is 29.2 Å². The summed E-state index contributed by atoms with van der Waals surface area (Å²) in [4.78, 5) is 16.7. The Labute approximate surface area is 163 Å². The molecular formula is C17H17F2N5OS2. The third-order valence-corrected chi connectivity index (χ3v) is 5.53. The molecule has 6 nitrogen and oxygen atoms in total. The molecule has 27 heavy (non-hydrogen) atoms. The van der Waals surface area contributed by atoms with Crippen molar-refractivity contribution < 1.29 is 13.6 Å². The molecule has 0 aliphatic carbocycles. The lowest BCUT2D eigenvalue weighted by Crippen LogP contribution is -2.23. The van der Waals surface area contributed by atoms with E-state index in [9.17, 15) is 13.6 Å². The number of thioether (sulfide) groups is 1. The van der Waals surface area contributed by atoms with E-state index in [1.54, 1.807) is 18.6 Å². The maximum Gasteiger partial charge on any atom is 0.239 e. The van der Waals surface area contributed by atoms with Crippen molar-refractivity contribution >= 4 is 34.1 Å². The molecule has 0 fully saturated rings. The molecule has 0 aliphatic heterocycles. The molecule has 0 unspecified atom stereocenters. The molecule has 0 saturated heterocycles. The maximum atomic E-state index is 13.4. The van der Waals surface area contributed by atoms with E-state index < -0.39 is 16.9 Å². The highest BCUT2D eigenvalue weighted by Crippen LogP contribution is 2.28. The van der Waals surface area contributed by atoms with E-state index in [0.29, 0.717) is 21.5 Å². The lowest BCUT2D eigenvalue weighted by Gasteiger charge is -2.13. The molecule has 0 radical (unpaired) electrons. The van der Waals surface area contributed by atoms with Crippen LogP contribution in [0.2, 0.25) is 0 Å². The first kappa shape index (κ1) is 19.4. The monoisotopic (exact) mass is 409 g/mol. The minimum absolute atomic E-state index is 0.190. The Morgan fingerprint density at radius 1 is 1.26 bits per heavy atom. The second-order valence-electron chi connectivity index (χ2n) is 6.03. The van der Waals surface area contributed by atoms with Crippen LogP contribution in [-0.4, -0.2) is 30.9 Å². The van der Waals surface area contributed by atoms with E-state index in [0.717, 1.165) is 12.1 Å². The summed E-state index contributed by atoms with van der Waals surface area (Å²) >= 11 is 2.52. The molecular weight excluding hydrogens is 392 g/mol. The highest BCUT2D eigenvalue weighted by molar-refractivity contribution is 8.00. The van der Waals surface area contributed by atoms with Gasteiger partial charge in [-0.3, -0.25) is 4.79 Å². The van der Waals surface area contributed by atoms with Gasteiger partial charge in [-0.25, -0.2) is 13.8 Å². The van der Waals surface area contributed by atoms with E-state index in [1.807, 2.05) is 18.4 Å². The molecule has 10 heteroatoms. The molecule has 1 atom stereocenters. The second-order valence-corrected chi connectivity index (χ2v) is 8.20. The van der Waals surface area contributed by atoms with Crippen molar-refractivity contribution in [2.75, 3.05) is 5.32 Å². The quantitative estimate of drug-likeness (QED) is 0.612. The van der Waals surface area contributed by atoms with Gasteiger partial charge in [0, 0.05) is 17.0 Å². The summed E-state index contributed by atoms with van der Waals surface area (Å²) in [5.74, 6) is -2.09. The van der Waals surface area contributed by atoms with Crippen molar-refractivity contribution in [3.63, 3.8) is 0 Å². The lowest BCUT2D eigenvalue weighted by atomic mass is 10.2. The summed E-state index contributed by atoms with van der Waals surface area (Å²) in [6.07, 6.45) is 1.63. The summed E-state index contributed by atoms with van der Waals surface area (Å²) in [6, 6.07) is 3.75. The van der Waals surface area contributed by atoms with Gasteiger partial charge >= 0.3 is 0 Å². The number of rotatable bonds is 6. The topological polar surface area (TPSA) is 72.7 Å². The number of carbonyl (C=O) groups is 1. The molecule has 142 valence electrons. The zero-order valence-electron chi connectivity index (χ0n) is 14.8. The molecule has 3 rings (SSSR count). The van der Waals surface area contributed by atoms with Gasteiger partial charge in [-0.1, -0.05) is 11.8 Å². The van der Waals surface area contributed by atoms with Gasteiger partial charge in [-0.2, -0.15) is 0 Å². The minimum atomic E-state index is -0.939. The number of anilines is 1. The van der Waals surface area contributed by atoms with E-state index in [-0.39, 0.29) is 11.9 Å². The van der Waals surface area contributed by atoms with Gasteiger partial charge in [-0.05, 0) is 39.0 Å². The number of hydrogen-bond acceptors (Lipinski definition) is 6. The standard InChI is InChI=1S/C17H17F2N5OS2/c1-9(2)24-8-20-23-17(24)27-10(3)15(25)22-16-21-14(7-26-16)11-4-5-12(18)13(19)6-11/h4-10H,1-3H3,(H,21,22,25)/t10-/m0/s1. The lowest BCUT2D eigenvalue weighted by molar-refractivity contribution is -0.115. The Morgan fingerprint density at radius 2 is 2.04 bits per heavy atom. The van der Waals surface area contributed by atoms with Gasteiger partial charge in [0.15, 0.2) is 21.9 Å². The summed E-state index contributed by atoms with van der Waals surface area (Å²) in [7, 11) is 0. The average molecular weight is 409 g/mol. The van der Waals surface area contributed by atoms with Crippen LogP contribution in [0.1, 0.15) is 26.8 Å². The first-order chi connectivity index (χ1) is 12.8. The van der Waals surface area contributed by atoms with Crippen molar-refractivity contribution in [3.8, 4) is 11.3 Å². The minimum Gasteiger partial charge on any atom is -0.306 e. The van der Waals surface area contributed by atoms with Crippen molar-refractivity contribution in [3.05, 3.63) is 41.5 Å². The van der Waals surface area contributed by atoms with Gasteiger partial charge in [0.2, 0.25) is 5.91 Å². The fourth-order valence-electron chi connectivity index (χ4n) is 2.21. The summed E-state index contributed by atoms with van der Waals surface area (Å²) in [5, 5.41) is 13.0. The Kier molecular flexibility index (Phi) is 5.85. The van der Waals surface area contributed by atoms with Crippen molar-refractivity contribution in [1.82, 2.24) is 19.7 Å². The molecule has 0 aliphatic rings. The normalized spacial score (nSPS) is 12.4. The third kappa shape index (κ3) is 4.51. The largest absolute Gasteiger partial charge is 0.306 e. The van der Waals surface area contributed by atoms with Crippen LogP contribution in [0.3, 0.4) is 0 Å². The first-order valence-electron chi connectivity index (χ1n) is 8.13. The molecule has 0 bridgehead atoms. The number of hydrogen-bond donors (Lipinski definition) is 1. The number of amides is 1. The van der Waals surface area contributed by atoms with Crippen LogP contribution in [0.5, 0.6) is 0 Å². The highest BCUT2D eigenvalue weighted by atomic mass is 32.2. The molecule has 1 N–H and O–H groups in total. The highest BCUT2D eigenvalue weighted by Gasteiger charge is 2.20. The molecule has 0 spiro atoms. The van der Waals surface area contributed by atoms with Crippen LogP contribution in [0.15, 0.2) is 35.1 Å². The summed E-state index contributed by atoms with van der Waals surface area (Å²) in [6.45, 7) is 5.78. The van der Waals surface area contributed by atoms with Gasteiger partial charge < -0.3 is 9.88 Å². The molecule has 0 saturated carbocycles. The van der Waals surface area contributed by atoms with Crippen LogP contribution in [-0.2, 0) is 4.79 Å². The Hall–Kier alpha value is -2.33.